The van der Waals surface area contributed by atoms with Gasteiger partial charge < -0.3 is 4.74 Å². The van der Waals surface area contributed by atoms with Crippen LogP contribution in [0.3, 0.4) is 0 Å². The SMILES string of the molecule is CCc1cc(Oc2ccccc2)nc(SCc2cccc([N+](=O)[O-])c2)n1. The largest absolute Gasteiger partial charge is 0.439 e. The number of hydrogen-bond acceptors (Lipinski definition) is 6. The quantitative estimate of drug-likeness (QED) is 0.252. The minimum Gasteiger partial charge on any atom is -0.439 e. The molecule has 0 fully saturated rings. The van der Waals surface area contributed by atoms with E-state index in [0.717, 1.165) is 17.7 Å². The van der Waals surface area contributed by atoms with E-state index >= 15 is 0 Å². The van der Waals surface area contributed by atoms with E-state index in [-0.39, 0.29) is 5.69 Å². The maximum atomic E-state index is 10.9. The molecule has 0 atom stereocenters. The highest BCUT2D eigenvalue weighted by Gasteiger charge is 2.09. The number of nitro groups is 1. The number of thioether (sulfide) groups is 1. The Morgan fingerprint density at radius 2 is 1.88 bits per heavy atom. The number of aryl methyl sites for hydroxylation is 1. The summed E-state index contributed by atoms with van der Waals surface area (Å²) in [6.45, 7) is 2.02. The fourth-order valence-electron chi connectivity index (χ4n) is 2.26. The summed E-state index contributed by atoms with van der Waals surface area (Å²) >= 11 is 1.42. The van der Waals surface area contributed by atoms with Crippen LogP contribution >= 0.6 is 11.8 Å². The Bertz CT molecular complexity index is 904. The lowest BCUT2D eigenvalue weighted by Crippen LogP contribution is -1.97. The van der Waals surface area contributed by atoms with Crippen LogP contribution in [0.1, 0.15) is 18.2 Å². The van der Waals surface area contributed by atoms with E-state index in [9.17, 15) is 10.1 Å². The third kappa shape index (κ3) is 4.80. The topological polar surface area (TPSA) is 78.2 Å². The molecule has 132 valence electrons. The smallest absolute Gasteiger partial charge is 0.269 e. The number of nitro benzene ring substituents is 1. The summed E-state index contributed by atoms with van der Waals surface area (Å²) < 4.78 is 5.81. The first-order valence-corrected chi connectivity index (χ1v) is 9.09. The highest BCUT2D eigenvalue weighted by Crippen LogP contribution is 2.26. The summed E-state index contributed by atoms with van der Waals surface area (Å²) in [5, 5.41) is 11.5. The third-order valence-corrected chi connectivity index (χ3v) is 4.47. The van der Waals surface area contributed by atoms with Gasteiger partial charge in [-0.25, -0.2) is 4.98 Å². The minimum atomic E-state index is -0.395. The zero-order valence-electron chi connectivity index (χ0n) is 14.2. The number of nitrogens with zero attached hydrogens (tertiary/aromatic N) is 3. The van der Waals surface area contributed by atoms with Gasteiger partial charge in [0.05, 0.1) is 4.92 Å². The van der Waals surface area contributed by atoms with E-state index in [1.54, 1.807) is 12.1 Å². The second-order valence-electron chi connectivity index (χ2n) is 5.46. The summed E-state index contributed by atoms with van der Waals surface area (Å²) in [7, 11) is 0. The van der Waals surface area contributed by atoms with Crippen LogP contribution in [0.2, 0.25) is 0 Å². The number of non-ortho nitro benzene ring substituents is 1. The summed E-state index contributed by atoms with van der Waals surface area (Å²) in [4.78, 5) is 19.4. The van der Waals surface area contributed by atoms with Gasteiger partial charge in [-0.2, -0.15) is 4.98 Å². The zero-order chi connectivity index (χ0) is 18.4. The average Bonchev–Trinajstić information content (AvgIpc) is 2.67. The molecule has 3 aromatic rings. The number of benzene rings is 2. The maximum absolute atomic E-state index is 10.9. The van der Waals surface area contributed by atoms with Gasteiger partial charge in [0.1, 0.15) is 5.75 Å². The van der Waals surface area contributed by atoms with Gasteiger partial charge in [0.2, 0.25) is 5.88 Å². The standard InChI is InChI=1S/C19H17N3O3S/c1-2-15-12-18(25-17-9-4-3-5-10-17)21-19(20-15)26-13-14-7-6-8-16(11-14)22(23)24/h3-12H,2,13H2,1H3. The van der Waals surface area contributed by atoms with Crippen molar-refractivity contribution in [1.29, 1.82) is 0 Å². The van der Waals surface area contributed by atoms with Crippen molar-refractivity contribution in [3.8, 4) is 11.6 Å². The molecule has 7 heteroatoms. The second kappa shape index (κ2) is 8.44. The van der Waals surface area contributed by atoms with Crippen molar-refractivity contribution in [2.24, 2.45) is 0 Å². The van der Waals surface area contributed by atoms with Crippen molar-refractivity contribution < 1.29 is 9.66 Å². The summed E-state index contributed by atoms with van der Waals surface area (Å²) in [5.74, 6) is 1.74. The molecule has 0 spiro atoms. The molecule has 0 saturated carbocycles. The van der Waals surface area contributed by atoms with E-state index in [1.807, 2.05) is 49.4 Å². The Morgan fingerprint density at radius 1 is 1.08 bits per heavy atom. The minimum absolute atomic E-state index is 0.0828. The van der Waals surface area contributed by atoms with Crippen LogP contribution in [0.25, 0.3) is 0 Å². The third-order valence-electron chi connectivity index (χ3n) is 3.55. The van der Waals surface area contributed by atoms with Crippen LogP contribution in [0, 0.1) is 10.1 Å². The van der Waals surface area contributed by atoms with E-state index in [4.69, 9.17) is 4.74 Å². The monoisotopic (exact) mass is 367 g/mol. The Kier molecular flexibility index (Phi) is 5.80. The van der Waals surface area contributed by atoms with Gasteiger partial charge >= 0.3 is 0 Å². The van der Waals surface area contributed by atoms with E-state index in [2.05, 4.69) is 9.97 Å². The lowest BCUT2D eigenvalue weighted by Gasteiger charge is -2.08. The van der Waals surface area contributed by atoms with Crippen LogP contribution in [0.4, 0.5) is 5.69 Å². The van der Waals surface area contributed by atoms with E-state index in [0.29, 0.717) is 22.5 Å². The fraction of sp³-hybridized carbons (Fsp3) is 0.158. The normalized spacial score (nSPS) is 10.5. The highest BCUT2D eigenvalue weighted by atomic mass is 32.2. The molecule has 0 amide bonds. The molecule has 1 aromatic heterocycles. The van der Waals surface area contributed by atoms with Crippen LogP contribution in [0.15, 0.2) is 65.8 Å². The van der Waals surface area contributed by atoms with Crippen molar-refractivity contribution in [3.63, 3.8) is 0 Å². The molecule has 0 aliphatic rings. The van der Waals surface area contributed by atoms with Crippen molar-refractivity contribution >= 4 is 17.4 Å². The van der Waals surface area contributed by atoms with Crippen LogP contribution < -0.4 is 4.74 Å². The van der Waals surface area contributed by atoms with Crippen molar-refractivity contribution in [3.05, 3.63) is 82.0 Å². The van der Waals surface area contributed by atoms with E-state index < -0.39 is 4.92 Å². The maximum Gasteiger partial charge on any atom is 0.269 e. The predicted octanol–water partition coefficient (Wildman–Crippen LogP) is 5.03. The van der Waals surface area contributed by atoms with Crippen molar-refractivity contribution in [2.75, 3.05) is 0 Å². The predicted molar refractivity (Wildman–Crippen MR) is 101 cm³/mol. The molecule has 0 unspecified atom stereocenters. The van der Waals surface area contributed by atoms with Gasteiger partial charge in [0.25, 0.3) is 5.69 Å². The summed E-state index contributed by atoms with van der Waals surface area (Å²) in [5.41, 5.74) is 1.81. The number of hydrogen-bond donors (Lipinski definition) is 0. The molecule has 1 heterocycles. The van der Waals surface area contributed by atoms with Crippen LogP contribution in [-0.4, -0.2) is 14.9 Å². The molecule has 26 heavy (non-hydrogen) atoms. The van der Waals surface area contributed by atoms with E-state index in [1.165, 1.54) is 17.8 Å². The van der Waals surface area contributed by atoms with Crippen molar-refractivity contribution in [2.45, 2.75) is 24.3 Å². The molecule has 0 aliphatic carbocycles. The van der Waals surface area contributed by atoms with Crippen LogP contribution in [-0.2, 0) is 12.2 Å². The van der Waals surface area contributed by atoms with Crippen molar-refractivity contribution in [1.82, 2.24) is 9.97 Å². The molecule has 0 saturated heterocycles. The second-order valence-corrected chi connectivity index (χ2v) is 6.41. The average molecular weight is 367 g/mol. The molecular weight excluding hydrogens is 350 g/mol. The molecule has 2 aromatic carbocycles. The Balaban J connectivity index is 1.76. The Hall–Kier alpha value is -2.93. The zero-order valence-corrected chi connectivity index (χ0v) is 15.0. The molecule has 6 nitrogen and oxygen atoms in total. The first kappa shape index (κ1) is 17.9. The number of aromatic nitrogens is 2. The molecule has 3 rings (SSSR count). The first-order valence-electron chi connectivity index (χ1n) is 8.11. The van der Waals surface area contributed by atoms with Gasteiger partial charge in [-0.05, 0) is 24.1 Å². The lowest BCUT2D eigenvalue weighted by atomic mass is 10.2. The molecule has 0 radical (unpaired) electrons. The molecule has 0 N–H and O–H groups in total. The highest BCUT2D eigenvalue weighted by molar-refractivity contribution is 7.98. The molecule has 0 bridgehead atoms. The Labute approximate surface area is 155 Å². The van der Waals surface area contributed by atoms with Gasteiger partial charge in [-0.15, -0.1) is 0 Å². The van der Waals surface area contributed by atoms with Gasteiger partial charge in [-0.1, -0.05) is 49.0 Å². The van der Waals surface area contributed by atoms with Gasteiger partial charge in [0, 0.05) is 29.6 Å². The van der Waals surface area contributed by atoms with Gasteiger partial charge in [0.15, 0.2) is 5.16 Å². The lowest BCUT2D eigenvalue weighted by molar-refractivity contribution is -0.384. The number of para-hydroxylation sites is 1. The number of ether oxygens (including phenoxy) is 1. The Morgan fingerprint density at radius 3 is 2.62 bits per heavy atom. The molecule has 0 aliphatic heterocycles. The fourth-order valence-corrected chi connectivity index (χ4v) is 3.08. The summed E-state index contributed by atoms with van der Waals surface area (Å²) in [6.07, 6.45) is 0.762. The first-order chi connectivity index (χ1) is 12.6. The van der Waals surface area contributed by atoms with Crippen LogP contribution in [0.5, 0.6) is 11.6 Å². The molecular formula is C19H17N3O3S. The number of rotatable bonds is 7. The summed E-state index contributed by atoms with van der Waals surface area (Å²) in [6, 6.07) is 17.9. The van der Waals surface area contributed by atoms with Gasteiger partial charge in [-0.3, -0.25) is 10.1 Å².